The van der Waals surface area contributed by atoms with Crippen LogP contribution in [0.2, 0.25) is 5.02 Å². The molecule has 0 aromatic heterocycles. The number of hydrogen-bond acceptors (Lipinski definition) is 2. The van der Waals surface area contributed by atoms with E-state index >= 15 is 0 Å². The fourth-order valence-electron chi connectivity index (χ4n) is 1.11. The largest absolute Gasteiger partial charge is 0.496 e. The van der Waals surface area contributed by atoms with Crippen molar-refractivity contribution in [3.05, 3.63) is 28.3 Å². The Hall–Kier alpha value is -1.20. The van der Waals surface area contributed by atoms with Gasteiger partial charge in [-0.2, -0.15) is 5.26 Å². The average molecular weight is 196 g/mol. The highest BCUT2D eigenvalue weighted by Gasteiger charge is 2.05. The van der Waals surface area contributed by atoms with Gasteiger partial charge >= 0.3 is 0 Å². The summed E-state index contributed by atoms with van der Waals surface area (Å²) in [5.74, 6) is 0.734. The zero-order valence-corrected chi connectivity index (χ0v) is 8.35. The van der Waals surface area contributed by atoms with Gasteiger partial charge in [0, 0.05) is 10.6 Å². The highest BCUT2D eigenvalue weighted by Crippen LogP contribution is 2.27. The van der Waals surface area contributed by atoms with Gasteiger partial charge in [-0.05, 0) is 24.6 Å². The average Bonchev–Trinajstić information content (AvgIpc) is 2.11. The molecule has 0 atom stereocenters. The van der Waals surface area contributed by atoms with E-state index in [2.05, 4.69) is 6.07 Å². The molecule has 0 saturated carbocycles. The van der Waals surface area contributed by atoms with Crippen LogP contribution in [0.5, 0.6) is 5.75 Å². The number of benzene rings is 1. The van der Waals surface area contributed by atoms with Crippen LogP contribution in [0.4, 0.5) is 0 Å². The minimum atomic E-state index is 0.358. The summed E-state index contributed by atoms with van der Waals surface area (Å²) in [7, 11) is 1.59. The Labute approximate surface area is 82.7 Å². The fourth-order valence-corrected chi connectivity index (χ4v) is 1.35. The van der Waals surface area contributed by atoms with Gasteiger partial charge in [-0.25, -0.2) is 0 Å². The first kappa shape index (κ1) is 9.88. The second-order valence-corrected chi connectivity index (χ2v) is 3.15. The van der Waals surface area contributed by atoms with Crippen LogP contribution in [0.1, 0.15) is 11.1 Å². The van der Waals surface area contributed by atoms with Gasteiger partial charge < -0.3 is 4.74 Å². The molecule has 0 heterocycles. The van der Waals surface area contributed by atoms with E-state index in [9.17, 15) is 0 Å². The molecule has 3 heteroatoms. The SMILES string of the molecule is COc1cc(CC#N)cc(Cl)c1C. The maximum absolute atomic E-state index is 8.51. The van der Waals surface area contributed by atoms with Crippen molar-refractivity contribution in [1.82, 2.24) is 0 Å². The first-order valence-electron chi connectivity index (χ1n) is 3.89. The lowest BCUT2D eigenvalue weighted by Gasteiger charge is -2.07. The van der Waals surface area contributed by atoms with E-state index in [1.54, 1.807) is 13.2 Å². The molecule has 0 radical (unpaired) electrons. The molecule has 0 saturated heterocycles. The second kappa shape index (κ2) is 4.15. The summed E-state index contributed by atoms with van der Waals surface area (Å²) in [6, 6.07) is 5.70. The fraction of sp³-hybridized carbons (Fsp3) is 0.300. The Kier molecular flexibility index (Phi) is 3.16. The predicted molar refractivity (Wildman–Crippen MR) is 52.1 cm³/mol. The lowest BCUT2D eigenvalue weighted by Crippen LogP contribution is -1.91. The van der Waals surface area contributed by atoms with E-state index in [0.717, 1.165) is 16.9 Å². The van der Waals surface area contributed by atoms with E-state index in [0.29, 0.717) is 11.4 Å². The number of rotatable bonds is 2. The monoisotopic (exact) mass is 195 g/mol. The zero-order chi connectivity index (χ0) is 9.84. The molecule has 1 rings (SSSR count). The van der Waals surface area contributed by atoms with Gasteiger partial charge in [0.2, 0.25) is 0 Å². The third-order valence-corrected chi connectivity index (χ3v) is 2.25. The molecule has 0 bridgehead atoms. The Morgan fingerprint density at radius 1 is 1.54 bits per heavy atom. The van der Waals surface area contributed by atoms with Gasteiger partial charge in [-0.3, -0.25) is 0 Å². The molecule has 0 unspecified atom stereocenters. The number of hydrogen-bond donors (Lipinski definition) is 0. The van der Waals surface area contributed by atoms with Crippen LogP contribution in [0.15, 0.2) is 12.1 Å². The predicted octanol–water partition coefficient (Wildman–Crippen LogP) is 2.72. The molecule has 0 N–H and O–H groups in total. The van der Waals surface area contributed by atoms with E-state index in [4.69, 9.17) is 21.6 Å². The Bertz CT molecular complexity index is 355. The van der Waals surface area contributed by atoms with Crippen molar-refractivity contribution in [3.63, 3.8) is 0 Å². The van der Waals surface area contributed by atoms with Gasteiger partial charge in [0.15, 0.2) is 0 Å². The van der Waals surface area contributed by atoms with Gasteiger partial charge in [-0.1, -0.05) is 11.6 Å². The smallest absolute Gasteiger partial charge is 0.123 e. The minimum absolute atomic E-state index is 0.358. The molecule has 1 aromatic rings. The van der Waals surface area contributed by atoms with Crippen molar-refractivity contribution in [2.75, 3.05) is 7.11 Å². The summed E-state index contributed by atoms with van der Waals surface area (Å²) in [6.07, 6.45) is 0.358. The van der Waals surface area contributed by atoms with Crippen molar-refractivity contribution in [2.45, 2.75) is 13.3 Å². The van der Waals surface area contributed by atoms with Gasteiger partial charge in [0.1, 0.15) is 5.75 Å². The molecule has 68 valence electrons. The van der Waals surface area contributed by atoms with Crippen molar-refractivity contribution < 1.29 is 4.74 Å². The molecule has 1 aromatic carbocycles. The minimum Gasteiger partial charge on any atom is -0.496 e. The van der Waals surface area contributed by atoms with E-state index in [1.807, 2.05) is 13.0 Å². The number of halogens is 1. The van der Waals surface area contributed by atoms with Crippen molar-refractivity contribution in [1.29, 1.82) is 5.26 Å². The lowest BCUT2D eigenvalue weighted by atomic mass is 10.1. The maximum atomic E-state index is 8.51. The Morgan fingerprint density at radius 3 is 2.77 bits per heavy atom. The molecule has 0 aliphatic rings. The molecule has 0 aliphatic carbocycles. The summed E-state index contributed by atoms with van der Waals surface area (Å²) < 4.78 is 5.12. The summed E-state index contributed by atoms with van der Waals surface area (Å²) in [5, 5.41) is 9.15. The standard InChI is InChI=1S/C10H10ClNO/c1-7-9(11)5-8(3-4-12)6-10(7)13-2/h5-6H,3H2,1-2H3. The summed E-state index contributed by atoms with van der Waals surface area (Å²) in [5.41, 5.74) is 1.79. The molecule has 0 fully saturated rings. The Morgan fingerprint density at radius 2 is 2.23 bits per heavy atom. The van der Waals surface area contributed by atoms with E-state index in [1.165, 1.54) is 0 Å². The topological polar surface area (TPSA) is 33.0 Å². The quantitative estimate of drug-likeness (QED) is 0.727. The van der Waals surface area contributed by atoms with Crippen molar-refractivity contribution in [3.8, 4) is 11.8 Å². The first-order valence-corrected chi connectivity index (χ1v) is 4.26. The number of methoxy groups -OCH3 is 1. The zero-order valence-electron chi connectivity index (χ0n) is 7.60. The van der Waals surface area contributed by atoms with E-state index < -0.39 is 0 Å². The number of nitriles is 1. The molecule has 0 spiro atoms. The van der Waals surface area contributed by atoms with E-state index in [-0.39, 0.29) is 0 Å². The highest BCUT2D eigenvalue weighted by molar-refractivity contribution is 6.31. The molecular weight excluding hydrogens is 186 g/mol. The first-order chi connectivity index (χ1) is 6.19. The maximum Gasteiger partial charge on any atom is 0.123 e. The van der Waals surface area contributed by atoms with Crippen molar-refractivity contribution in [2.24, 2.45) is 0 Å². The molecule has 13 heavy (non-hydrogen) atoms. The third kappa shape index (κ3) is 2.13. The van der Waals surface area contributed by atoms with Crippen LogP contribution < -0.4 is 4.74 Å². The lowest BCUT2D eigenvalue weighted by molar-refractivity contribution is 0.411. The van der Waals surface area contributed by atoms with Crippen LogP contribution in [-0.2, 0) is 6.42 Å². The Balaban J connectivity index is 3.16. The summed E-state index contributed by atoms with van der Waals surface area (Å²) in [6.45, 7) is 1.89. The molecule has 0 amide bonds. The molecular formula is C10H10ClNO. The summed E-state index contributed by atoms with van der Waals surface area (Å²) >= 11 is 5.94. The number of nitrogens with zero attached hydrogens (tertiary/aromatic N) is 1. The summed E-state index contributed by atoms with van der Waals surface area (Å²) in [4.78, 5) is 0. The third-order valence-electron chi connectivity index (χ3n) is 1.86. The molecule has 2 nitrogen and oxygen atoms in total. The van der Waals surface area contributed by atoms with Crippen LogP contribution in [0.3, 0.4) is 0 Å². The van der Waals surface area contributed by atoms with Crippen molar-refractivity contribution >= 4 is 11.6 Å². The van der Waals surface area contributed by atoms with Crippen LogP contribution in [0.25, 0.3) is 0 Å². The van der Waals surface area contributed by atoms with Crippen LogP contribution in [-0.4, -0.2) is 7.11 Å². The normalized spacial score (nSPS) is 9.38. The highest BCUT2D eigenvalue weighted by atomic mass is 35.5. The van der Waals surface area contributed by atoms with Gasteiger partial charge in [0.25, 0.3) is 0 Å². The molecule has 0 aliphatic heterocycles. The number of ether oxygens (including phenoxy) is 1. The van der Waals surface area contributed by atoms with Gasteiger partial charge in [0.05, 0.1) is 19.6 Å². The van der Waals surface area contributed by atoms with Gasteiger partial charge in [-0.15, -0.1) is 0 Å². The van der Waals surface area contributed by atoms with Crippen LogP contribution >= 0.6 is 11.6 Å². The second-order valence-electron chi connectivity index (χ2n) is 2.74. The van der Waals surface area contributed by atoms with Crippen LogP contribution in [0, 0.1) is 18.3 Å².